The van der Waals surface area contributed by atoms with Gasteiger partial charge in [0.05, 0.1) is 45.6 Å². The third-order valence-electron chi connectivity index (χ3n) is 6.84. The number of rotatable bonds is 3. The second-order valence-electron chi connectivity index (χ2n) is 8.86. The van der Waals surface area contributed by atoms with Crippen LogP contribution in [-0.2, 0) is 0 Å². The Bertz CT molecular complexity index is 2750. The fourth-order valence-electron chi connectivity index (χ4n) is 5.32. The van der Waals surface area contributed by atoms with Crippen LogP contribution in [0.2, 0.25) is 0 Å². The van der Waals surface area contributed by atoms with Crippen LogP contribution in [-0.4, -0.2) is 9.13 Å². The fourth-order valence-corrected chi connectivity index (χ4v) is 5.32. The van der Waals surface area contributed by atoms with Crippen LogP contribution in [0.4, 0.5) is 0 Å². The molecular formula is C36H24N2. The molecule has 0 unspecified atom stereocenters. The number of nitrogens with zero attached hydrogens (tertiary/aromatic N) is 2. The van der Waals surface area contributed by atoms with Crippen molar-refractivity contribution in [3.8, 4) is 22.5 Å². The second kappa shape index (κ2) is 8.22. The lowest BCUT2D eigenvalue weighted by atomic mass is 10.1. The van der Waals surface area contributed by atoms with E-state index in [1.54, 1.807) is 30.3 Å². The van der Waals surface area contributed by atoms with Gasteiger partial charge >= 0.3 is 0 Å². The number of aromatic nitrogens is 2. The Morgan fingerprint density at radius 2 is 1.11 bits per heavy atom. The molecule has 2 heterocycles. The average Bonchev–Trinajstić information content (AvgIpc) is 3.67. The predicted octanol–water partition coefficient (Wildman–Crippen LogP) is 9.55. The summed E-state index contributed by atoms with van der Waals surface area (Å²) in [5.41, 5.74) is 2.86. The van der Waals surface area contributed by atoms with Gasteiger partial charge in [0.15, 0.2) is 0 Å². The van der Waals surface area contributed by atoms with E-state index in [0.29, 0.717) is 27.8 Å². The molecule has 2 nitrogen and oxygen atoms in total. The summed E-state index contributed by atoms with van der Waals surface area (Å²) in [4.78, 5) is 0. The molecule has 0 spiro atoms. The van der Waals surface area contributed by atoms with Crippen molar-refractivity contribution in [3.63, 3.8) is 0 Å². The van der Waals surface area contributed by atoms with E-state index in [1.807, 2.05) is 41.0 Å². The molecule has 0 saturated heterocycles. The highest BCUT2D eigenvalue weighted by Gasteiger charge is 2.19. The van der Waals surface area contributed by atoms with E-state index < -0.39 is 66.5 Å². The first kappa shape index (κ1) is 12.0. The Morgan fingerprint density at radius 3 is 1.89 bits per heavy atom. The summed E-state index contributed by atoms with van der Waals surface area (Å²) in [6.45, 7) is 0. The van der Waals surface area contributed by atoms with Crippen LogP contribution in [0.15, 0.2) is 145 Å². The molecular weight excluding hydrogens is 460 g/mol. The number of benzene rings is 6. The molecule has 0 atom stereocenters. The van der Waals surface area contributed by atoms with E-state index in [9.17, 15) is 0 Å². The van der Waals surface area contributed by atoms with Crippen LogP contribution in [0.5, 0.6) is 0 Å². The molecule has 0 aliphatic heterocycles. The zero-order chi connectivity index (χ0) is 36.4. The van der Waals surface area contributed by atoms with Crippen molar-refractivity contribution in [2.75, 3.05) is 0 Å². The molecule has 38 heavy (non-hydrogen) atoms. The highest BCUT2D eigenvalue weighted by Crippen LogP contribution is 2.40. The zero-order valence-corrected chi connectivity index (χ0v) is 19.7. The van der Waals surface area contributed by atoms with Crippen molar-refractivity contribution in [3.05, 3.63) is 145 Å². The van der Waals surface area contributed by atoms with Crippen LogP contribution < -0.4 is 0 Å². The Balaban J connectivity index is 1.52. The molecule has 2 aromatic heterocycles. The van der Waals surface area contributed by atoms with E-state index in [0.717, 1.165) is 10.9 Å². The van der Waals surface area contributed by atoms with E-state index in [2.05, 4.69) is 0 Å². The maximum Gasteiger partial charge on any atom is 0.0645 e. The maximum absolute atomic E-state index is 8.99. The van der Waals surface area contributed by atoms with Crippen molar-refractivity contribution in [2.24, 2.45) is 0 Å². The van der Waals surface area contributed by atoms with Gasteiger partial charge in [-0.3, -0.25) is 0 Å². The van der Waals surface area contributed by atoms with Gasteiger partial charge in [0.1, 0.15) is 0 Å². The van der Waals surface area contributed by atoms with Gasteiger partial charge in [0.2, 0.25) is 0 Å². The monoisotopic (exact) mass is 497 g/mol. The Kier molecular flexibility index (Phi) is 2.59. The molecule has 0 amide bonds. The summed E-state index contributed by atoms with van der Waals surface area (Å²) in [6, 6.07) is 14.1. The van der Waals surface area contributed by atoms with Crippen LogP contribution >= 0.6 is 0 Å². The first-order chi connectivity index (χ1) is 24.3. The van der Waals surface area contributed by atoms with Crippen LogP contribution in [0.1, 0.15) is 17.8 Å². The summed E-state index contributed by atoms with van der Waals surface area (Å²) in [6.07, 6.45) is 0. The van der Waals surface area contributed by atoms with E-state index in [1.165, 1.54) is 4.57 Å². The normalized spacial score (nSPS) is 16.5. The summed E-state index contributed by atoms with van der Waals surface area (Å²) >= 11 is 0. The van der Waals surface area contributed by atoms with Crippen molar-refractivity contribution in [2.45, 2.75) is 0 Å². The van der Waals surface area contributed by atoms with Gasteiger partial charge in [-0.1, -0.05) is 103 Å². The molecule has 0 aliphatic rings. The van der Waals surface area contributed by atoms with E-state index in [-0.39, 0.29) is 39.5 Å². The highest BCUT2D eigenvalue weighted by atomic mass is 15.0. The Morgan fingerprint density at radius 1 is 0.447 bits per heavy atom. The molecule has 178 valence electrons. The van der Waals surface area contributed by atoms with Gasteiger partial charge in [-0.05, 0) is 53.5 Å². The molecule has 0 aliphatic carbocycles. The molecule has 8 aromatic rings. The minimum absolute atomic E-state index is 0.00974. The number of para-hydroxylation sites is 3. The largest absolute Gasteiger partial charge is 0.309 e. The first-order valence-corrected chi connectivity index (χ1v) is 12.0. The second-order valence-corrected chi connectivity index (χ2v) is 8.86. The summed E-state index contributed by atoms with van der Waals surface area (Å²) in [5.74, 6) is 0. The molecule has 0 bridgehead atoms. The standard InChI is InChI=1S/C36H24N2/c1-2-12-25(13-3-1)26-14-10-15-27(24-26)37-33-21-9-6-18-30(33)36-34(37)22-11-23-35(36)38-31-19-7-4-16-28(31)29-17-5-8-20-32(29)38/h1-24H/i1D,2D,3D,4D,5D,7D,8D,12D,13D,16D,17D,19D,20D. The summed E-state index contributed by atoms with van der Waals surface area (Å²) < 4.78 is 114. The van der Waals surface area contributed by atoms with Crippen LogP contribution in [0, 0.1) is 0 Å². The van der Waals surface area contributed by atoms with E-state index in [4.69, 9.17) is 17.8 Å². The number of fused-ring (bicyclic) bond motifs is 6. The van der Waals surface area contributed by atoms with Crippen molar-refractivity contribution < 1.29 is 17.8 Å². The van der Waals surface area contributed by atoms with Crippen molar-refractivity contribution in [1.29, 1.82) is 0 Å². The van der Waals surface area contributed by atoms with Gasteiger partial charge in [-0.2, -0.15) is 0 Å². The van der Waals surface area contributed by atoms with Gasteiger partial charge in [-0.15, -0.1) is 0 Å². The van der Waals surface area contributed by atoms with Crippen LogP contribution in [0.3, 0.4) is 0 Å². The molecule has 0 saturated carbocycles. The average molecular weight is 498 g/mol. The Hall–Kier alpha value is -5.08. The lowest BCUT2D eigenvalue weighted by Crippen LogP contribution is -1.96. The third kappa shape index (κ3) is 3.01. The van der Waals surface area contributed by atoms with Gasteiger partial charge in [-0.25, -0.2) is 0 Å². The van der Waals surface area contributed by atoms with Crippen molar-refractivity contribution >= 4 is 43.6 Å². The minimum atomic E-state index is -0.521. The molecule has 2 heteroatoms. The molecule has 0 fully saturated rings. The third-order valence-corrected chi connectivity index (χ3v) is 6.84. The molecule has 6 aromatic carbocycles. The lowest BCUT2D eigenvalue weighted by molar-refractivity contribution is 1.17. The molecule has 8 rings (SSSR count). The SMILES string of the molecule is [2H]c1c([2H])c([2H])c(-c2cccc(-n3c4ccccc4c4c(-n5c6c([2H])c([2H])c([2H])c([2H])c6c6c([2H])c([2H])c([2H])c([2H])c65)cccc43)c2)c([2H])c1[2H]. The van der Waals surface area contributed by atoms with Gasteiger partial charge in [0.25, 0.3) is 0 Å². The quantitative estimate of drug-likeness (QED) is 0.230. The van der Waals surface area contributed by atoms with Crippen LogP contribution in [0.25, 0.3) is 66.1 Å². The lowest BCUT2D eigenvalue weighted by Gasteiger charge is -2.12. The van der Waals surface area contributed by atoms with Gasteiger partial charge < -0.3 is 9.13 Å². The fraction of sp³-hybridized carbons (Fsp3) is 0. The molecule has 0 N–H and O–H groups in total. The minimum Gasteiger partial charge on any atom is -0.309 e. The topological polar surface area (TPSA) is 9.86 Å². The Labute approximate surface area is 238 Å². The smallest absolute Gasteiger partial charge is 0.0645 e. The first-order valence-electron chi connectivity index (χ1n) is 18.5. The number of hydrogen-bond acceptors (Lipinski definition) is 0. The van der Waals surface area contributed by atoms with Crippen molar-refractivity contribution in [1.82, 2.24) is 9.13 Å². The number of hydrogen-bond donors (Lipinski definition) is 0. The highest BCUT2D eigenvalue weighted by molar-refractivity contribution is 6.16. The summed E-state index contributed by atoms with van der Waals surface area (Å²) in [7, 11) is 0. The molecule has 0 radical (unpaired) electrons. The zero-order valence-electron chi connectivity index (χ0n) is 32.7. The summed E-state index contributed by atoms with van der Waals surface area (Å²) in [5, 5.41) is 1.32. The van der Waals surface area contributed by atoms with Gasteiger partial charge in [0, 0.05) is 27.2 Å². The van der Waals surface area contributed by atoms with E-state index >= 15 is 0 Å². The predicted molar refractivity (Wildman–Crippen MR) is 161 cm³/mol. The maximum atomic E-state index is 8.99.